The van der Waals surface area contributed by atoms with E-state index in [-0.39, 0.29) is 18.6 Å². The van der Waals surface area contributed by atoms with E-state index in [4.69, 9.17) is 14.5 Å². The number of rotatable bonds is 7. The van der Waals surface area contributed by atoms with Gasteiger partial charge in [-0.15, -0.1) is 0 Å². The van der Waals surface area contributed by atoms with Gasteiger partial charge in [0.2, 0.25) is 5.95 Å². The molecule has 0 unspecified atom stereocenters. The van der Waals surface area contributed by atoms with Crippen LogP contribution in [-0.4, -0.2) is 76.4 Å². The molecule has 1 aliphatic carbocycles. The molecule has 38 heavy (non-hydrogen) atoms. The first-order valence-electron chi connectivity index (χ1n) is 12.9. The number of hydrogen-bond donors (Lipinski definition) is 2. The van der Waals surface area contributed by atoms with E-state index in [1.165, 1.54) is 0 Å². The van der Waals surface area contributed by atoms with E-state index in [1.807, 2.05) is 0 Å². The third-order valence-corrected chi connectivity index (χ3v) is 7.11. The summed E-state index contributed by atoms with van der Waals surface area (Å²) in [5.74, 6) is 0.339. The number of ether oxygens (including phenoxy) is 2. The van der Waals surface area contributed by atoms with Crippen LogP contribution < -0.4 is 15.4 Å². The second-order valence-electron chi connectivity index (χ2n) is 9.68. The van der Waals surface area contributed by atoms with Crippen molar-refractivity contribution in [3.8, 4) is 17.1 Å². The number of piperidine rings is 1. The molecule has 1 saturated heterocycles. The van der Waals surface area contributed by atoms with Gasteiger partial charge in [0, 0.05) is 30.4 Å². The van der Waals surface area contributed by atoms with Crippen LogP contribution in [0.5, 0.6) is 5.75 Å². The molecule has 3 heterocycles. The molecule has 0 spiro atoms. The SMILES string of the molecule is CCOC(=O)c1nn(C)c2c1CCc1cnc(Nc3ccc(C(=O)NC4CCN(C)CC4)cc3OC)nc1-2. The van der Waals surface area contributed by atoms with Crippen LogP contribution in [0.2, 0.25) is 0 Å². The van der Waals surface area contributed by atoms with Gasteiger partial charge in [0.15, 0.2) is 5.69 Å². The summed E-state index contributed by atoms with van der Waals surface area (Å²) in [6, 6.07) is 5.45. The Bertz CT molecular complexity index is 1360. The van der Waals surface area contributed by atoms with Crippen molar-refractivity contribution in [2.45, 2.75) is 38.6 Å². The lowest BCUT2D eigenvalue weighted by Crippen LogP contribution is -2.43. The molecule has 0 saturated carbocycles. The second kappa shape index (κ2) is 10.8. The minimum atomic E-state index is -0.426. The van der Waals surface area contributed by atoms with E-state index in [2.05, 4.69) is 32.7 Å². The predicted molar refractivity (Wildman–Crippen MR) is 142 cm³/mol. The van der Waals surface area contributed by atoms with Gasteiger partial charge in [-0.3, -0.25) is 9.48 Å². The zero-order valence-corrected chi connectivity index (χ0v) is 22.2. The van der Waals surface area contributed by atoms with Crippen LogP contribution in [0.1, 0.15) is 51.7 Å². The van der Waals surface area contributed by atoms with Gasteiger partial charge < -0.3 is 25.0 Å². The van der Waals surface area contributed by atoms with Crippen LogP contribution in [-0.2, 0) is 24.6 Å². The van der Waals surface area contributed by atoms with E-state index >= 15 is 0 Å². The van der Waals surface area contributed by atoms with Crippen molar-refractivity contribution in [3.63, 3.8) is 0 Å². The van der Waals surface area contributed by atoms with Crippen LogP contribution in [0.15, 0.2) is 24.4 Å². The van der Waals surface area contributed by atoms with E-state index in [0.717, 1.165) is 48.4 Å². The first kappa shape index (κ1) is 25.7. The van der Waals surface area contributed by atoms with Crippen molar-refractivity contribution in [1.29, 1.82) is 0 Å². The number of benzene rings is 1. The summed E-state index contributed by atoms with van der Waals surface area (Å²) in [5.41, 5.74) is 4.82. The highest BCUT2D eigenvalue weighted by Crippen LogP contribution is 2.35. The first-order chi connectivity index (χ1) is 18.4. The lowest BCUT2D eigenvalue weighted by atomic mass is 9.93. The van der Waals surface area contributed by atoms with Crippen LogP contribution in [0.25, 0.3) is 11.4 Å². The summed E-state index contributed by atoms with van der Waals surface area (Å²) in [4.78, 5) is 36.8. The van der Waals surface area contributed by atoms with Crippen molar-refractivity contribution in [2.24, 2.45) is 7.05 Å². The number of methoxy groups -OCH3 is 1. The zero-order valence-electron chi connectivity index (χ0n) is 22.2. The fourth-order valence-corrected chi connectivity index (χ4v) is 5.06. The molecule has 200 valence electrons. The number of carbonyl (C=O) groups is 2. The fraction of sp³-hybridized carbons (Fsp3) is 0.444. The molecule has 2 aromatic heterocycles. The number of anilines is 2. The molecule has 1 aromatic carbocycles. The van der Waals surface area contributed by atoms with Gasteiger partial charge in [-0.25, -0.2) is 14.8 Å². The minimum absolute atomic E-state index is 0.115. The van der Waals surface area contributed by atoms with Gasteiger partial charge in [0.1, 0.15) is 5.75 Å². The van der Waals surface area contributed by atoms with E-state index in [0.29, 0.717) is 41.5 Å². The number of aryl methyl sites for hydroxylation is 2. The molecule has 1 aliphatic heterocycles. The standard InChI is InChI=1S/C27H33N7O4/c1-5-38-26(36)23-19-8-6-17-15-28-27(31-22(17)24(19)34(3)32-23)30-20-9-7-16(14-21(20)37-4)25(35)29-18-10-12-33(2)13-11-18/h7,9,14-15,18H,5-6,8,10-13H2,1-4H3,(H,29,35)(H,28,30,31). The Labute approximate surface area is 221 Å². The van der Waals surface area contributed by atoms with Crippen molar-refractivity contribution >= 4 is 23.5 Å². The molecule has 5 rings (SSSR count). The van der Waals surface area contributed by atoms with Crippen LogP contribution >= 0.6 is 0 Å². The second-order valence-corrected chi connectivity index (χ2v) is 9.68. The normalized spacial score (nSPS) is 15.4. The number of amides is 1. The molecule has 1 amide bonds. The number of nitrogens with zero attached hydrogens (tertiary/aromatic N) is 5. The molecule has 0 atom stereocenters. The van der Waals surface area contributed by atoms with Crippen molar-refractivity contribution < 1.29 is 19.1 Å². The zero-order chi connectivity index (χ0) is 26.8. The van der Waals surface area contributed by atoms with Gasteiger partial charge in [0.05, 0.1) is 30.8 Å². The molecule has 3 aromatic rings. The molecule has 0 bridgehead atoms. The number of aromatic nitrogens is 4. The monoisotopic (exact) mass is 519 g/mol. The van der Waals surface area contributed by atoms with Crippen LogP contribution in [0.4, 0.5) is 11.6 Å². The number of carbonyl (C=O) groups excluding carboxylic acids is 2. The van der Waals surface area contributed by atoms with Crippen molar-refractivity contribution in [1.82, 2.24) is 30.0 Å². The first-order valence-corrected chi connectivity index (χ1v) is 12.9. The molecule has 2 aliphatic rings. The van der Waals surface area contributed by atoms with Crippen LogP contribution in [0, 0.1) is 0 Å². The molecular formula is C27H33N7O4. The Balaban J connectivity index is 1.37. The summed E-state index contributed by atoms with van der Waals surface area (Å²) in [5, 5.41) is 10.8. The largest absolute Gasteiger partial charge is 0.495 e. The quantitative estimate of drug-likeness (QED) is 0.454. The Morgan fingerprint density at radius 1 is 1.16 bits per heavy atom. The summed E-state index contributed by atoms with van der Waals surface area (Å²) in [6.07, 6.45) is 5.03. The lowest BCUT2D eigenvalue weighted by molar-refractivity contribution is 0.0517. The van der Waals surface area contributed by atoms with Gasteiger partial charge in [-0.2, -0.15) is 5.10 Å². The highest BCUT2D eigenvalue weighted by Gasteiger charge is 2.29. The van der Waals surface area contributed by atoms with Crippen molar-refractivity contribution in [3.05, 3.63) is 46.8 Å². The number of likely N-dealkylation sites (tertiary alicyclic amines) is 1. The van der Waals surface area contributed by atoms with E-state index in [1.54, 1.807) is 50.2 Å². The van der Waals surface area contributed by atoms with Gasteiger partial charge >= 0.3 is 5.97 Å². The summed E-state index contributed by atoms with van der Waals surface area (Å²) >= 11 is 0. The van der Waals surface area contributed by atoms with E-state index in [9.17, 15) is 9.59 Å². The number of esters is 1. The molecule has 11 nitrogen and oxygen atoms in total. The number of hydrogen-bond acceptors (Lipinski definition) is 9. The number of nitrogens with one attached hydrogen (secondary N) is 2. The molecule has 2 N–H and O–H groups in total. The van der Waals surface area contributed by atoms with E-state index < -0.39 is 5.97 Å². The van der Waals surface area contributed by atoms with Gasteiger partial charge in [-0.1, -0.05) is 0 Å². The summed E-state index contributed by atoms with van der Waals surface area (Å²) < 4.78 is 12.5. The van der Waals surface area contributed by atoms with Gasteiger partial charge in [0.25, 0.3) is 5.91 Å². The summed E-state index contributed by atoms with van der Waals surface area (Å²) in [7, 11) is 5.45. The maximum absolute atomic E-state index is 12.9. The summed E-state index contributed by atoms with van der Waals surface area (Å²) in [6.45, 7) is 4.01. The topological polar surface area (TPSA) is 123 Å². The van der Waals surface area contributed by atoms with Crippen LogP contribution in [0.3, 0.4) is 0 Å². The maximum Gasteiger partial charge on any atom is 0.359 e. The Hall–Kier alpha value is -3.99. The predicted octanol–water partition coefficient (Wildman–Crippen LogP) is 2.73. The fourth-order valence-electron chi connectivity index (χ4n) is 5.06. The Morgan fingerprint density at radius 2 is 1.95 bits per heavy atom. The van der Waals surface area contributed by atoms with Crippen molar-refractivity contribution in [2.75, 3.05) is 39.2 Å². The molecule has 11 heteroatoms. The molecule has 0 radical (unpaired) electrons. The molecule has 1 fully saturated rings. The smallest absolute Gasteiger partial charge is 0.359 e. The number of fused-ring (bicyclic) bond motifs is 3. The highest BCUT2D eigenvalue weighted by molar-refractivity contribution is 5.95. The highest BCUT2D eigenvalue weighted by atomic mass is 16.5. The Morgan fingerprint density at radius 3 is 2.68 bits per heavy atom. The minimum Gasteiger partial charge on any atom is -0.495 e. The average Bonchev–Trinajstić information content (AvgIpc) is 3.27. The lowest BCUT2D eigenvalue weighted by Gasteiger charge is -2.29. The van der Waals surface area contributed by atoms with Gasteiger partial charge in [-0.05, 0) is 76.5 Å². The third kappa shape index (κ3) is 5.06. The average molecular weight is 520 g/mol. The Kier molecular flexibility index (Phi) is 7.28. The maximum atomic E-state index is 12.9. The third-order valence-electron chi connectivity index (χ3n) is 7.11. The molecular weight excluding hydrogens is 486 g/mol.